The van der Waals surface area contributed by atoms with E-state index in [1.54, 1.807) is 13.0 Å². The Balaban J connectivity index is 1.84. The molecule has 8 unspecified atom stereocenters. The fraction of sp³-hybridized carbons (Fsp3) is 0.714. The van der Waals surface area contributed by atoms with Gasteiger partial charge in [0, 0.05) is 10.8 Å². The van der Waals surface area contributed by atoms with Gasteiger partial charge in [0.15, 0.2) is 17.2 Å². The third kappa shape index (κ3) is 2.12. The zero-order chi connectivity index (χ0) is 20.7. The lowest BCUT2D eigenvalue weighted by atomic mass is 9.46. The Morgan fingerprint density at radius 1 is 1.25 bits per heavy atom. The second kappa shape index (κ2) is 6.08. The Labute approximate surface area is 172 Å². The summed E-state index contributed by atoms with van der Waals surface area (Å²) >= 11 is 3.88. The minimum Gasteiger partial charge on any atom is -0.392 e. The first-order valence-electron chi connectivity index (χ1n) is 9.82. The molecule has 4 aliphatic carbocycles. The standard InChI is InChI=1S/C21H27BrO6/c1-18-6-5-12(24)7-11(18)3-4-13-14-8-15(25)21(28,17(27)10-23)19(14,2)9-16(26)20(13,18)22/h5-7,13-16,23,25-26,28H,3-4,8-10H2,1-2H3. The first-order chi connectivity index (χ1) is 13.0. The van der Waals surface area contributed by atoms with Gasteiger partial charge in [-0.25, -0.2) is 0 Å². The third-order valence-corrected chi connectivity index (χ3v) is 10.4. The Hall–Kier alpha value is -0.860. The highest BCUT2D eigenvalue weighted by atomic mass is 79.9. The van der Waals surface area contributed by atoms with Gasteiger partial charge in [0.25, 0.3) is 0 Å². The van der Waals surface area contributed by atoms with Crippen molar-refractivity contribution >= 4 is 27.5 Å². The van der Waals surface area contributed by atoms with Gasteiger partial charge in [0.05, 0.1) is 16.5 Å². The van der Waals surface area contributed by atoms with Crippen molar-refractivity contribution in [3.8, 4) is 0 Å². The number of aliphatic hydroxyl groups is 4. The van der Waals surface area contributed by atoms with Crippen LogP contribution in [0, 0.1) is 22.7 Å². The summed E-state index contributed by atoms with van der Waals surface area (Å²) in [6, 6.07) is 0. The Kier molecular flexibility index (Phi) is 4.43. The van der Waals surface area contributed by atoms with Crippen LogP contribution in [0.15, 0.2) is 23.8 Å². The summed E-state index contributed by atoms with van der Waals surface area (Å²) < 4.78 is -0.779. The van der Waals surface area contributed by atoms with Gasteiger partial charge in [0.1, 0.15) is 6.61 Å². The van der Waals surface area contributed by atoms with E-state index in [-0.39, 0.29) is 30.5 Å². The lowest BCUT2D eigenvalue weighted by molar-refractivity contribution is -0.185. The Bertz CT molecular complexity index is 807. The predicted octanol–water partition coefficient (Wildman–Crippen LogP) is 1.05. The second-order valence-electron chi connectivity index (χ2n) is 9.36. The minimum atomic E-state index is -2.09. The van der Waals surface area contributed by atoms with E-state index >= 15 is 0 Å². The lowest BCUT2D eigenvalue weighted by Crippen LogP contribution is -2.69. The van der Waals surface area contributed by atoms with Crippen molar-refractivity contribution in [3.05, 3.63) is 23.8 Å². The highest BCUT2D eigenvalue weighted by molar-refractivity contribution is 9.10. The minimum absolute atomic E-state index is 0.0589. The van der Waals surface area contributed by atoms with Gasteiger partial charge in [-0.05, 0) is 49.7 Å². The molecule has 4 aliphatic rings. The fourth-order valence-corrected chi connectivity index (χ4v) is 7.95. The van der Waals surface area contributed by atoms with Crippen LogP contribution in [0.2, 0.25) is 0 Å². The van der Waals surface area contributed by atoms with Crippen molar-refractivity contribution in [2.24, 2.45) is 22.7 Å². The highest BCUT2D eigenvalue weighted by Gasteiger charge is 2.75. The number of carbonyl (C=O) groups is 2. The molecule has 0 aliphatic heterocycles. The van der Waals surface area contributed by atoms with E-state index in [1.165, 1.54) is 6.08 Å². The molecule has 0 amide bonds. The molecule has 6 nitrogen and oxygen atoms in total. The highest BCUT2D eigenvalue weighted by Crippen LogP contribution is 2.70. The lowest BCUT2D eigenvalue weighted by Gasteiger charge is -2.64. The maximum absolute atomic E-state index is 12.5. The van der Waals surface area contributed by atoms with Crippen LogP contribution in [0.5, 0.6) is 0 Å². The van der Waals surface area contributed by atoms with Gasteiger partial charge in [-0.2, -0.15) is 0 Å². The molecule has 3 saturated carbocycles. The molecule has 0 bridgehead atoms. The smallest absolute Gasteiger partial charge is 0.192 e. The van der Waals surface area contributed by atoms with Crippen molar-refractivity contribution in [3.63, 3.8) is 0 Å². The first kappa shape index (κ1) is 20.4. The maximum atomic E-state index is 12.5. The van der Waals surface area contributed by atoms with Crippen LogP contribution >= 0.6 is 15.9 Å². The molecule has 8 atom stereocenters. The molecule has 7 heteroatoms. The number of aliphatic hydroxyl groups excluding tert-OH is 3. The maximum Gasteiger partial charge on any atom is 0.192 e. The van der Waals surface area contributed by atoms with E-state index in [0.717, 1.165) is 5.57 Å². The number of alkyl halides is 1. The molecule has 28 heavy (non-hydrogen) atoms. The first-order valence-corrected chi connectivity index (χ1v) is 10.6. The van der Waals surface area contributed by atoms with Crippen molar-refractivity contribution in [2.75, 3.05) is 6.61 Å². The van der Waals surface area contributed by atoms with Gasteiger partial charge in [0.2, 0.25) is 0 Å². The number of fused-ring (bicyclic) bond motifs is 5. The molecular weight excluding hydrogens is 428 g/mol. The number of hydrogen-bond acceptors (Lipinski definition) is 6. The number of rotatable bonds is 2. The van der Waals surface area contributed by atoms with Crippen LogP contribution in [0.4, 0.5) is 0 Å². The van der Waals surface area contributed by atoms with Crippen LogP contribution in [0.3, 0.4) is 0 Å². The van der Waals surface area contributed by atoms with Crippen LogP contribution in [0.25, 0.3) is 0 Å². The van der Waals surface area contributed by atoms with Crippen molar-refractivity contribution in [1.82, 2.24) is 0 Å². The number of Topliss-reactive ketones (excluding diaryl/α,β-unsaturated/α-hetero) is 1. The van der Waals surface area contributed by atoms with E-state index in [9.17, 15) is 30.0 Å². The normalized spacial score (nSPS) is 52.5. The van der Waals surface area contributed by atoms with Crippen LogP contribution in [-0.2, 0) is 9.59 Å². The molecule has 0 saturated heterocycles. The Morgan fingerprint density at radius 3 is 2.57 bits per heavy atom. The summed E-state index contributed by atoms with van der Waals surface area (Å²) in [4.78, 5) is 24.4. The molecule has 4 N–H and O–H groups in total. The zero-order valence-corrected chi connectivity index (χ0v) is 17.6. The van der Waals surface area contributed by atoms with Crippen LogP contribution < -0.4 is 0 Å². The summed E-state index contributed by atoms with van der Waals surface area (Å²) in [6.07, 6.45) is 4.48. The van der Waals surface area contributed by atoms with Gasteiger partial charge < -0.3 is 20.4 Å². The number of allylic oxidation sites excluding steroid dienone is 4. The molecular formula is C21H27BrO6. The van der Waals surface area contributed by atoms with Crippen molar-refractivity contribution < 1.29 is 30.0 Å². The summed E-state index contributed by atoms with van der Waals surface area (Å²) in [5.41, 5.74) is -2.76. The molecule has 0 aromatic rings. The summed E-state index contributed by atoms with van der Waals surface area (Å²) in [6.45, 7) is 2.89. The summed E-state index contributed by atoms with van der Waals surface area (Å²) in [5, 5.41) is 42.7. The molecule has 0 radical (unpaired) electrons. The number of carbonyl (C=O) groups excluding carboxylic acids is 2. The van der Waals surface area contributed by atoms with Crippen LogP contribution in [-0.4, -0.2) is 60.7 Å². The molecule has 3 fully saturated rings. The van der Waals surface area contributed by atoms with Crippen molar-refractivity contribution in [1.29, 1.82) is 0 Å². The molecule has 154 valence electrons. The molecule has 0 aromatic carbocycles. The number of halogens is 1. The quantitative estimate of drug-likeness (QED) is 0.463. The molecule has 0 aromatic heterocycles. The fourth-order valence-electron chi connectivity index (χ4n) is 6.85. The SMILES string of the molecule is CC12C=CC(=O)C=C1CCC1C3CC(O)C(O)(C(=O)CO)C3(C)CC(O)C12Br. The molecule has 0 heterocycles. The number of ketones is 2. The third-order valence-electron chi connectivity index (χ3n) is 8.43. The van der Waals surface area contributed by atoms with E-state index in [1.807, 2.05) is 13.0 Å². The van der Waals surface area contributed by atoms with E-state index in [4.69, 9.17) is 0 Å². The monoisotopic (exact) mass is 454 g/mol. The van der Waals surface area contributed by atoms with Crippen molar-refractivity contribution in [2.45, 2.75) is 61.7 Å². The largest absolute Gasteiger partial charge is 0.392 e. The summed E-state index contributed by atoms with van der Waals surface area (Å²) in [5.74, 6) is -1.21. The molecule has 4 rings (SSSR count). The van der Waals surface area contributed by atoms with Gasteiger partial charge in [-0.1, -0.05) is 41.4 Å². The Morgan fingerprint density at radius 2 is 1.93 bits per heavy atom. The van der Waals surface area contributed by atoms with Gasteiger partial charge >= 0.3 is 0 Å². The number of hydrogen-bond donors (Lipinski definition) is 4. The van der Waals surface area contributed by atoms with E-state index in [0.29, 0.717) is 12.8 Å². The summed E-state index contributed by atoms with van der Waals surface area (Å²) in [7, 11) is 0. The van der Waals surface area contributed by atoms with E-state index < -0.39 is 45.4 Å². The van der Waals surface area contributed by atoms with Gasteiger partial charge in [-0.15, -0.1) is 0 Å². The average Bonchev–Trinajstić information content (AvgIpc) is 2.84. The topological polar surface area (TPSA) is 115 Å². The van der Waals surface area contributed by atoms with Crippen LogP contribution in [0.1, 0.15) is 39.5 Å². The van der Waals surface area contributed by atoms with Gasteiger partial charge in [-0.3, -0.25) is 9.59 Å². The predicted molar refractivity (Wildman–Crippen MR) is 105 cm³/mol. The second-order valence-corrected chi connectivity index (χ2v) is 10.7. The van der Waals surface area contributed by atoms with E-state index in [2.05, 4.69) is 15.9 Å². The molecule has 0 spiro atoms. The average molecular weight is 455 g/mol. The zero-order valence-electron chi connectivity index (χ0n) is 16.1.